The minimum Gasteiger partial charge on any atom is -0.490 e. The Balaban J connectivity index is 1.49. The lowest BCUT2D eigenvalue weighted by Crippen LogP contribution is -2.21. The van der Waals surface area contributed by atoms with Crippen molar-refractivity contribution < 1.29 is 14.2 Å². The Bertz CT molecular complexity index is 730. The second-order valence-corrected chi connectivity index (χ2v) is 5.31. The SMILES string of the molecule is CC(COc1ccc(Oc2ccccc2)cc1)Oc1ccncc1. The van der Waals surface area contributed by atoms with E-state index in [4.69, 9.17) is 14.2 Å². The van der Waals surface area contributed by atoms with E-state index in [1.807, 2.05) is 73.7 Å². The highest BCUT2D eigenvalue weighted by Crippen LogP contribution is 2.23. The first-order chi connectivity index (χ1) is 11.8. The van der Waals surface area contributed by atoms with Crippen molar-refractivity contribution in [1.29, 1.82) is 0 Å². The first-order valence-corrected chi connectivity index (χ1v) is 7.82. The maximum atomic E-state index is 5.75. The Kier molecular flexibility index (Phi) is 5.30. The number of para-hydroxylation sites is 1. The molecule has 0 amide bonds. The molecular formula is C20H19NO3. The van der Waals surface area contributed by atoms with Crippen molar-refractivity contribution in [2.75, 3.05) is 6.61 Å². The fourth-order valence-electron chi connectivity index (χ4n) is 2.13. The van der Waals surface area contributed by atoms with Crippen LogP contribution in [0.25, 0.3) is 0 Å². The Hall–Kier alpha value is -3.01. The third kappa shape index (κ3) is 4.74. The van der Waals surface area contributed by atoms with E-state index in [2.05, 4.69) is 4.98 Å². The van der Waals surface area contributed by atoms with Crippen LogP contribution in [-0.2, 0) is 0 Å². The predicted octanol–water partition coefficient (Wildman–Crippen LogP) is 4.72. The maximum Gasteiger partial charge on any atom is 0.130 e. The molecule has 122 valence electrons. The van der Waals surface area contributed by atoms with Gasteiger partial charge in [0.25, 0.3) is 0 Å². The Labute approximate surface area is 141 Å². The van der Waals surface area contributed by atoms with Crippen molar-refractivity contribution in [3.05, 3.63) is 79.1 Å². The van der Waals surface area contributed by atoms with E-state index in [-0.39, 0.29) is 6.10 Å². The molecular weight excluding hydrogens is 302 g/mol. The van der Waals surface area contributed by atoms with Gasteiger partial charge < -0.3 is 14.2 Å². The smallest absolute Gasteiger partial charge is 0.130 e. The number of benzene rings is 2. The molecule has 1 heterocycles. The number of ether oxygens (including phenoxy) is 3. The van der Waals surface area contributed by atoms with Crippen molar-refractivity contribution in [2.24, 2.45) is 0 Å². The highest BCUT2D eigenvalue weighted by Gasteiger charge is 2.05. The van der Waals surface area contributed by atoms with Gasteiger partial charge in [0.1, 0.15) is 35.7 Å². The van der Waals surface area contributed by atoms with Gasteiger partial charge in [-0.2, -0.15) is 0 Å². The highest BCUT2D eigenvalue weighted by atomic mass is 16.5. The standard InChI is InChI=1S/C20H19NO3/c1-16(23-20-11-13-21-14-12-20)15-22-17-7-9-19(10-8-17)24-18-5-3-2-4-6-18/h2-14,16H,15H2,1H3. The number of rotatable bonds is 7. The predicted molar refractivity (Wildman–Crippen MR) is 92.8 cm³/mol. The zero-order valence-corrected chi connectivity index (χ0v) is 13.5. The summed E-state index contributed by atoms with van der Waals surface area (Å²) in [5.74, 6) is 3.15. The number of hydrogen-bond acceptors (Lipinski definition) is 4. The van der Waals surface area contributed by atoms with Gasteiger partial charge in [-0.1, -0.05) is 18.2 Å². The summed E-state index contributed by atoms with van der Waals surface area (Å²) in [6, 6.07) is 20.9. The summed E-state index contributed by atoms with van der Waals surface area (Å²) in [5, 5.41) is 0. The molecule has 24 heavy (non-hydrogen) atoms. The van der Waals surface area contributed by atoms with Crippen LogP contribution in [0.4, 0.5) is 0 Å². The van der Waals surface area contributed by atoms with Gasteiger partial charge in [-0.15, -0.1) is 0 Å². The van der Waals surface area contributed by atoms with Gasteiger partial charge >= 0.3 is 0 Å². The molecule has 3 aromatic rings. The van der Waals surface area contributed by atoms with Gasteiger partial charge in [-0.3, -0.25) is 4.98 Å². The van der Waals surface area contributed by atoms with Gasteiger partial charge in [0.2, 0.25) is 0 Å². The molecule has 0 saturated heterocycles. The Morgan fingerprint density at radius 3 is 2.08 bits per heavy atom. The van der Waals surface area contributed by atoms with E-state index in [9.17, 15) is 0 Å². The summed E-state index contributed by atoms with van der Waals surface area (Å²) in [6.45, 7) is 2.43. The van der Waals surface area contributed by atoms with E-state index in [0.717, 1.165) is 23.0 Å². The van der Waals surface area contributed by atoms with Crippen LogP contribution in [0.1, 0.15) is 6.92 Å². The molecule has 4 heteroatoms. The fraction of sp³-hybridized carbons (Fsp3) is 0.150. The van der Waals surface area contributed by atoms with Gasteiger partial charge in [0.05, 0.1) is 0 Å². The van der Waals surface area contributed by atoms with Gasteiger partial charge in [-0.25, -0.2) is 0 Å². The fourth-order valence-corrected chi connectivity index (χ4v) is 2.13. The van der Waals surface area contributed by atoms with Crippen LogP contribution in [0.2, 0.25) is 0 Å². The van der Waals surface area contributed by atoms with Crippen LogP contribution in [0.5, 0.6) is 23.0 Å². The monoisotopic (exact) mass is 321 g/mol. The lowest BCUT2D eigenvalue weighted by atomic mass is 10.3. The van der Waals surface area contributed by atoms with E-state index < -0.39 is 0 Å². The molecule has 4 nitrogen and oxygen atoms in total. The molecule has 0 aliphatic carbocycles. The van der Waals surface area contributed by atoms with E-state index in [0.29, 0.717) is 6.61 Å². The molecule has 1 atom stereocenters. The molecule has 1 unspecified atom stereocenters. The molecule has 0 saturated carbocycles. The lowest BCUT2D eigenvalue weighted by Gasteiger charge is -2.15. The Morgan fingerprint density at radius 1 is 0.750 bits per heavy atom. The van der Waals surface area contributed by atoms with Crippen LogP contribution in [0.15, 0.2) is 79.1 Å². The number of aromatic nitrogens is 1. The third-order valence-corrected chi connectivity index (χ3v) is 3.27. The zero-order chi connectivity index (χ0) is 16.6. The van der Waals surface area contributed by atoms with Crippen LogP contribution in [-0.4, -0.2) is 17.7 Å². The normalized spacial score (nSPS) is 11.5. The average molecular weight is 321 g/mol. The van der Waals surface area contributed by atoms with Crippen molar-refractivity contribution in [1.82, 2.24) is 4.98 Å². The van der Waals surface area contributed by atoms with Gasteiger partial charge in [0.15, 0.2) is 0 Å². The topological polar surface area (TPSA) is 40.6 Å². The summed E-state index contributed by atoms with van der Waals surface area (Å²) in [4.78, 5) is 3.96. The molecule has 0 aliphatic rings. The summed E-state index contributed by atoms with van der Waals surface area (Å²) in [7, 11) is 0. The van der Waals surface area contributed by atoms with Gasteiger partial charge in [0, 0.05) is 12.4 Å². The van der Waals surface area contributed by atoms with E-state index >= 15 is 0 Å². The number of nitrogens with zero attached hydrogens (tertiary/aromatic N) is 1. The summed E-state index contributed by atoms with van der Waals surface area (Å²) in [6.07, 6.45) is 3.34. The molecule has 0 bridgehead atoms. The molecule has 0 fully saturated rings. The Morgan fingerprint density at radius 2 is 1.38 bits per heavy atom. The summed E-state index contributed by atoms with van der Waals surface area (Å²) >= 11 is 0. The van der Waals surface area contributed by atoms with Crippen molar-refractivity contribution in [2.45, 2.75) is 13.0 Å². The molecule has 0 radical (unpaired) electrons. The highest BCUT2D eigenvalue weighted by molar-refractivity contribution is 5.35. The van der Waals surface area contributed by atoms with Crippen molar-refractivity contribution >= 4 is 0 Å². The molecule has 0 spiro atoms. The van der Waals surface area contributed by atoms with Crippen molar-refractivity contribution in [3.8, 4) is 23.0 Å². The quantitative estimate of drug-likeness (QED) is 0.631. The molecule has 1 aromatic heterocycles. The third-order valence-electron chi connectivity index (χ3n) is 3.27. The van der Waals surface area contributed by atoms with Crippen LogP contribution in [0.3, 0.4) is 0 Å². The average Bonchev–Trinajstić information content (AvgIpc) is 2.63. The molecule has 0 N–H and O–H groups in total. The minimum absolute atomic E-state index is 0.0624. The summed E-state index contributed by atoms with van der Waals surface area (Å²) in [5.41, 5.74) is 0. The van der Waals surface area contributed by atoms with E-state index in [1.165, 1.54) is 0 Å². The first-order valence-electron chi connectivity index (χ1n) is 7.82. The number of hydrogen-bond donors (Lipinski definition) is 0. The molecule has 3 rings (SSSR count). The second kappa shape index (κ2) is 8.02. The first kappa shape index (κ1) is 15.9. The largest absolute Gasteiger partial charge is 0.490 e. The zero-order valence-electron chi connectivity index (χ0n) is 13.5. The molecule has 2 aromatic carbocycles. The van der Waals surface area contributed by atoms with Crippen LogP contribution >= 0.6 is 0 Å². The molecule has 0 aliphatic heterocycles. The second-order valence-electron chi connectivity index (χ2n) is 5.31. The van der Waals surface area contributed by atoms with E-state index in [1.54, 1.807) is 12.4 Å². The van der Waals surface area contributed by atoms with Crippen molar-refractivity contribution in [3.63, 3.8) is 0 Å². The number of pyridine rings is 1. The summed E-state index contributed by atoms with van der Waals surface area (Å²) < 4.78 is 17.2. The lowest BCUT2D eigenvalue weighted by molar-refractivity contribution is 0.143. The minimum atomic E-state index is -0.0624. The van der Waals surface area contributed by atoms with Crippen LogP contribution < -0.4 is 14.2 Å². The van der Waals surface area contributed by atoms with Crippen LogP contribution in [0, 0.1) is 0 Å². The van der Waals surface area contributed by atoms with Gasteiger partial charge in [-0.05, 0) is 55.5 Å². The maximum absolute atomic E-state index is 5.75.